The smallest absolute Gasteiger partial charge is 0.172 e. The van der Waals surface area contributed by atoms with Gasteiger partial charge in [-0.3, -0.25) is 0 Å². The molecule has 0 nitrogen and oxygen atoms in total. The molecule has 1 aliphatic carbocycles. The van der Waals surface area contributed by atoms with Crippen LogP contribution in [0.25, 0.3) is 33.4 Å². The van der Waals surface area contributed by atoms with Gasteiger partial charge in [0.05, 0.1) is 0 Å². The summed E-state index contributed by atoms with van der Waals surface area (Å²) in [5.41, 5.74) is 15.3. The van der Waals surface area contributed by atoms with Crippen molar-refractivity contribution in [3.8, 4) is 33.4 Å². The average molecular weight is 987 g/mol. The molecule has 332 valence electrons. The van der Waals surface area contributed by atoms with E-state index in [0.29, 0.717) is 11.1 Å². The van der Waals surface area contributed by atoms with Gasteiger partial charge >= 0.3 is 208 Å². The number of halogens is 8. The molecule has 9 heteroatoms. The molecule has 0 radical (unpaired) electrons. The molecule has 7 aromatic carbocycles. The zero-order valence-electron chi connectivity index (χ0n) is 37.1. The first-order valence-corrected chi connectivity index (χ1v) is 21.8. The SMILES string of the molecule is Cc1[c-]c2c(cc1C(C)(C)C)-c1cc(C(C)(C)C)c(C)cc1C2.FC(F)(F)c1ccc(-c2ccc([C](=[Zr+2])c3ccc(-c4ccc(C(F)(F)F)cc4)cc3)cc2)cc1.[Cl-].[Cl-].c1cc[cH-]c1. The third-order valence-corrected chi connectivity index (χ3v) is 12.5. The summed E-state index contributed by atoms with van der Waals surface area (Å²) >= 11 is 1.18. The molecule has 0 atom stereocenters. The standard InChI is InChI=1S/C27H16F6.C23H29.C5H5.2ClH.Zr/c28-26(29,30)24-13-9-22(10-14-24)20-5-1-18(2-6-20)17-19-3-7-21(8-4-19)23-11-15-25(16-12-23)27(31,32)33;1-14-9-16-11-17-10-15(2)21(23(6,7)8)13-19(17)18(16)12-20(14)22(3,4)5;1-2-4-5-3-1;;;/h1-16H;9,12-13H,11H2,1-8H3;1-5H;2*1H;/q;2*-1;;;+2/p-2. The fraction of sp³-hybridized carbons (Fsp3) is 0.236. The molecule has 64 heavy (non-hydrogen) atoms. The third-order valence-electron chi connectivity index (χ3n) is 11.1. The van der Waals surface area contributed by atoms with E-state index in [2.05, 4.69) is 79.7 Å². The first kappa shape index (κ1) is 52.2. The van der Waals surface area contributed by atoms with Crippen molar-refractivity contribution in [2.45, 2.75) is 85.0 Å². The summed E-state index contributed by atoms with van der Waals surface area (Å²) in [7, 11) is 0. The second kappa shape index (κ2) is 20.8. The molecule has 0 spiro atoms. The summed E-state index contributed by atoms with van der Waals surface area (Å²) in [6.07, 6.45) is -7.69. The molecule has 0 aromatic heterocycles. The van der Waals surface area contributed by atoms with E-state index >= 15 is 0 Å². The Morgan fingerprint density at radius 2 is 0.906 bits per heavy atom. The Kier molecular flexibility index (Phi) is 17.0. The van der Waals surface area contributed by atoms with Crippen molar-refractivity contribution in [1.82, 2.24) is 0 Å². The fourth-order valence-corrected chi connectivity index (χ4v) is 8.69. The van der Waals surface area contributed by atoms with Crippen LogP contribution in [0.3, 0.4) is 0 Å². The second-order valence-corrected chi connectivity index (χ2v) is 19.1. The molecule has 0 bridgehead atoms. The van der Waals surface area contributed by atoms with Gasteiger partial charge in [-0.15, -0.1) is 16.7 Å². The minimum atomic E-state index is -4.36. The second-order valence-electron chi connectivity index (χ2n) is 17.8. The summed E-state index contributed by atoms with van der Waals surface area (Å²) in [6, 6.07) is 46.3. The molecular formula is C55H50Cl2F6Zr-2. The number of benzene rings is 6. The predicted octanol–water partition coefficient (Wildman–Crippen LogP) is 9.86. The van der Waals surface area contributed by atoms with Crippen LogP contribution in [0.2, 0.25) is 0 Å². The van der Waals surface area contributed by atoms with Crippen molar-refractivity contribution in [2.24, 2.45) is 0 Å². The van der Waals surface area contributed by atoms with E-state index in [1.165, 1.54) is 93.0 Å². The molecule has 0 fully saturated rings. The number of aryl methyl sites for hydroxylation is 2. The maximum Gasteiger partial charge on any atom is -0.172 e. The molecule has 0 saturated carbocycles. The average Bonchev–Trinajstić information content (AvgIpc) is 3.91. The van der Waals surface area contributed by atoms with Gasteiger partial charge in [0.25, 0.3) is 0 Å². The van der Waals surface area contributed by atoms with Gasteiger partial charge in [-0.25, -0.2) is 12.1 Å². The summed E-state index contributed by atoms with van der Waals surface area (Å²) in [5, 5.41) is 0. The first-order chi connectivity index (χ1) is 29.0. The van der Waals surface area contributed by atoms with Crippen molar-refractivity contribution in [3.05, 3.63) is 207 Å². The van der Waals surface area contributed by atoms with Crippen LogP contribution in [0, 0.1) is 19.9 Å². The Labute approximate surface area is 401 Å². The summed E-state index contributed by atoms with van der Waals surface area (Å²) < 4.78 is 77.7. The van der Waals surface area contributed by atoms with Crippen molar-refractivity contribution in [3.63, 3.8) is 0 Å². The van der Waals surface area contributed by atoms with Crippen molar-refractivity contribution >= 4 is 3.21 Å². The Morgan fingerprint density at radius 1 is 0.531 bits per heavy atom. The van der Waals surface area contributed by atoms with Crippen LogP contribution in [-0.2, 0) is 53.8 Å². The van der Waals surface area contributed by atoms with Crippen LogP contribution >= 0.6 is 0 Å². The Balaban J connectivity index is 0.000000258. The number of hydrogen-bond donors (Lipinski definition) is 0. The van der Waals surface area contributed by atoms with Gasteiger partial charge in [-0.05, 0) is 35.4 Å². The van der Waals surface area contributed by atoms with E-state index in [9.17, 15) is 26.3 Å². The minimum Gasteiger partial charge on any atom is -1.00 e. The Bertz CT molecular complexity index is 2440. The van der Waals surface area contributed by atoms with Crippen LogP contribution in [0.1, 0.15) is 97.2 Å². The largest absolute Gasteiger partial charge is 1.00 e. The molecule has 0 amide bonds. The van der Waals surface area contributed by atoms with E-state index in [-0.39, 0.29) is 35.6 Å². The molecule has 0 heterocycles. The zero-order valence-corrected chi connectivity index (χ0v) is 41.1. The summed E-state index contributed by atoms with van der Waals surface area (Å²) in [4.78, 5) is 0. The zero-order chi connectivity index (χ0) is 45.2. The van der Waals surface area contributed by atoms with Gasteiger partial charge in [-0.1, -0.05) is 71.6 Å². The van der Waals surface area contributed by atoms with Gasteiger partial charge in [-0.2, -0.15) is 35.9 Å². The molecule has 0 saturated heterocycles. The Hall–Kier alpha value is -4.42. The van der Waals surface area contributed by atoms with Crippen molar-refractivity contribution < 1.29 is 75.4 Å². The van der Waals surface area contributed by atoms with Crippen molar-refractivity contribution in [1.29, 1.82) is 0 Å². The van der Waals surface area contributed by atoms with E-state index < -0.39 is 23.5 Å². The van der Waals surface area contributed by atoms with Gasteiger partial charge in [0.15, 0.2) is 0 Å². The van der Waals surface area contributed by atoms with Crippen molar-refractivity contribution in [2.75, 3.05) is 0 Å². The first-order valence-electron chi connectivity index (χ1n) is 20.5. The number of alkyl halides is 6. The van der Waals surface area contributed by atoms with Gasteiger partial charge in [0.2, 0.25) is 0 Å². The molecule has 0 aliphatic heterocycles. The quantitative estimate of drug-likeness (QED) is 0.122. The van der Waals surface area contributed by atoms with Crippen LogP contribution in [0.15, 0.2) is 146 Å². The van der Waals surface area contributed by atoms with Gasteiger partial charge < -0.3 is 24.8 Å². The third kappa shape index (κ3) is 12.7. The monoisotopic (exact) mass is 984 g/mol. The minimum absolute atomic E-state index is 0. The van der Waals surface area contributed by atoms with Gasteiger partial charge in [0.1, 0.15) is 0 Å². The molecule has 0 unspecified atom stereocenters. The van der Waals surface area contributed by atoms with E-state index in [4.69, 9.17) is 0 Å². The molecule has 7 aromatic rings. The predicted molar refractivity (Wildman–Crippen MR) is 239 cm³/mol. The topological polar surface area (TPSA) is 0 Å². The molecule has 8 rings (SSSR count). The van der Waals surface area contributed by atoms with Crippen LogP contribution < -0.4 is 24.8 Å². The maximum absolute atomic E-state index is 12.8. The van der Waals surface area contributed by atoms with Crippen LogP contribution in [0.5, 0.6) is 0 Å². The van der Waals surface area contributed by atoms with E-state index in [1.807, 2.05) is 78.9 Å². The molecule has 1 aliphatic rings. The number of fused-ring (bicyclic) bond motifs is 3. The maximum atomic E-state index is 12.8. The molecular weight excluding hydrogens is 937 g/mol. The summed E-state index contributed by atoms with van der Waals surface area (Å²) in [6.45, 7) is 18.2. The van der Waals surface area contributed by atoms with E-state index in [0.717, 1.165) is 56.1 Å². The fourth-order valence-electron chi connectivity index (χ4n) is 7.87. The number of rotatable bonds is 4. The normalized spacial score (nSPS) is 12.0. The Morgan fingerprint density at radius 3 is 1.25 bits per heavy atom. The number of hydrogen-bond acceptors (Lipinski definition) is 0. The van der Waals surface area contributed by atoms with Crippen LogP contribution in [-0.4, -0.2) is 3.21 Å². The molecule has 0 N–H and O–H groups in total. The van der Waals surface area contributed by atoms with Gasteiger partial charge in [0, 0.05) is 0 Å². The van der Waals surface area contributed by atoms with E-state index in [1.54, 1.807) is 0 Å². The summed E-state index contributed by atoms with van der Waals surface area (Å²) in [5.74, 6) is 0. The van der Waals surface area contributed by atoms with Crippen LogP contribution in [0.4, 0.5) is 26.3 Å².